The Bertz CT molecular complexity index is 1500. The number of unbranched alkanes of at least 4 members (excludes halogenated alkanes) is 1. The van der Waals surface area contributed by atoms with Crippen molar-refractivity contribution in [2.24, 2.45) is 5.92 Å². The lowest BCUT2D eigenvalue weighted by Crippen LogP contribution is -2.40. The molecule has 2 aromatic heterocycles. The molecule has 3 heterocycles. The number of nitrogens with one attached hydrogen (secondary N) is 1. The van der Waals surface area contributed by atoms with Crippen LogP contribution in [0.15, 0.2) is 53.3 Å². The number of amides is 1. The maximum absolute atomic E-state index is 13.8. The molecule has 2 aromatic carbocycles. The molecule has 1 fully saturated rings. The number of rotatable bonds is 9. The van der Waals surface area contributed by atoms with Crippen molar-refractivity contribution < 1.29 is 4.79 Å². The summed E-state index contributed by atoms with van der Waals surface area (Å²) in [5.74, 6) is 1.98. The summed E-state index contributed by atoms with van der Waals surface area (Å²) in [5.41, 5.74) is 4.97. The Morgan fingerprint density at radius 3 is 2.45 bits per heavy atom. The van der Waals surface area contributed by atoms with Gasteiger partial charge in [0.2, 0.25) is 11.7 Å². The maximum atomic E-state index is 13.8. The third-order valence-corrected chi connectivity index (χ3v) is 7.89. The molecule has 1 amide bonds. The van der Waals surface area contributed by atoms with Gasteiger partial charge >= 0.3 is 0 Å². The largest absolute Gasteiger partial charge is 0.342 e. The van der Waals surface area contributed by atoms with Crippen molar-refractivity contribution in [3.8, 4) is 22.5 Å². The third-order valence-electron chi connectivity index (χ3n) is 7.89. The molecule has 0 saturated carbocycles. The molecule has 40 heavy (non-hydrogen) atoms. The number of benzene rings is 2. The number of aromatic amines is 1. The summed E-state index contributed by atoms with van der Waals surface area (Å²) in [6, 6.07) is 16.1. The van der Waals surface area contributed by atoms with E-state index in [0.29, 0.717) is 29.5 Å². The van der Waals surface area contributed by atoms with Crippen molar-refractivity contribution in [3.63, 3.8) is 0 Å². The van der Waals surface area contributed by atoms with Crippen LogP contribution in [0.4, 0.5) is 0 Å². The number of aryl methyl sites for hydroxylation is 2. The van der Waals surface area contributed by atoms with Crippen LogP contribution in [0.1, 0.15) is 62.2 Å². The first-order valence-electron chi connectivity index (χ1n) is 14.2. The monoisotopic (exact) mass is 539 g/mol. The van der Waals surface area contributed by atoms with Gasteiger partial charge in [-0.05, 0) is 54.0 Å². The molecule has 9 nitrogen and oxygen atoms in total. The average Bonchev–Trinajstić information content (AvgIpc) is 3.51. The Labute approximate surface area is 234 Å². The molecule has 1 aliphatic rings. The number of hydrogen-bond acceptors (Lipinski definition) is 6. The lowest BCUT2D eigenvalue weighted by Gasteiger charge is -2.30. The number of piperidine rings is 1. The molecule has 0 spiro atoms. The molecular formula is C31H37N7O2. The molecule has 1 N–H and O–H groups in total. The Morgan fingerprint density at radius 2 is 1.77 bits per heavy atom. The summed E-state index contributed by atoms with van der Waals surface area (Å²) in [5, 5.41) is 14.5. The van der Waals surface area contributed by atoms with Crippen LogP contribution in [-0.2, 0) is 24.2 Å². The predicted molar refractivity (Wildman–Crippen MR) is 155 cm³/mol. The Kier molecular flexibility index (Phi) is 8.48. The van der Waals surface area contributed by atoms with Crippen LogP contribution in [-0.4, -0.2) is 54.1 Å². The predicted octanol–water partition coefficient (Wildman–Crippen LogP) is 4.59. The van der Waals surface area contributed by atoms with E-state index < -0.39 is 0 Å². The van der Waals surface area contributed by atoms with Crippen LogP contribution in [0, 0.1) is 12.8 Å². The van der Waals surface area contributed by atoms with Gasteiger partial charge in [-0.3, -0.25) is 14.2 Å². The van der Waals surface area contributed by atoms with Crippen molar-refractivity contribution in [3.05, 3.63) is 81.5 Å². The lowest BCUT2D eigenvalue weighted by atomic mass is 9.98. The number of tetrazole rings is 1. The smallest absolute Gasteiger partial charge is 0.257 e. The Balaban J connectivity index is 1.42. The molecular weight excluding hydrogens is 502 g/mol. The van der Waals surface area contributed by atoms with E-state index in [1.807, 2.05) is 48.2 Å². The summed E-state index contributed by atoms with van der Waals surface area (Å²) in [7, 11) is 0. The first kappa shape index (κ1) is 27.4. The van der Waals surface area contributed by atoms with E-state index in [4.69, 9.17) is 4.98 Å². The van der Waals surface area contributed by atoms with Gasteiger partial charge in [-0.1, -0.05) is 68.8 Å². The van der Waals surface area contributed by atoms with Crippen LogP contribution in [0.5, 0.6) is 0 Å². The number of likely N-dealkylation sites (tertiary alicyclic amines) is 1. The molecule has 1 aliphatic heterocycles. The molecule has 5 rings (SSSR count). The van der Waals surface area contributed by atoms with Crippen LogP contribution < -0.4 is 5.56 Å². The highest BCUT2D eigenvalue weighted by Gasteiger charge is 2.23. The second-order valence-corrected chi connectivity index (χ2v) is 10.8. The van der Waals surface area contributed by atoms with Gasteiger partial charge in [-0.25, -0.2) is 4.98 Å². The lowest BCUT2D eigenvalue weighted by molar-refractivity contribution is -0.131. The highest BCUT2D eigenvalue weighted by molar-refractivity contribution is 5.80. The van der Waals surface area contributed by atoms with Crippen molar-refractivity contribution in [1.29, 1.82) is 0 Å². The molecule has 9 heteroatoms. The molecule has 0 radical (unpaired) electrons. The summed E-state index contributed by atoms with van der Waals surface area (Å²) < 4.78 is 1.77. The van der Waals surface area contributed by atoms with Gasteiger partial charge in [0.1, 0.15) is 5.82 Å². The van der Waals surface area contributed by atoms with Crippen molar-refractivity contribution >= 4 is 5.91 Å². The van der Waals surface area contributed by atoms with Gasteiger partial charge in [0.05, 0.1) is 13.0 Å². The van der Waals surface area contributed by atoms with Gasteiger partial charge in [0, 0.05) is 36.3 Å². The fourth-order valence-electron chi connectivity index (χ4n) is 5.35. The normalized spacial score (nSPS) is 14.0. The van der Waals surface area contributed by atoms with Crippen LogP contribution in [0.2, 0.25) is 0 Å². The minimum Gasteiger partial charge on any atom is -0.342 e. The molecule has 0 bridgehead atoms. The van der Waals surface area contributed by atoms with Gasteiger partial charge in [0.25, 0.3) is 5.56 Å². The van der Waals surface area contributed by atoms with Crippen molar-refractivity contribution in [1.82, 2.24) is 35.1 Å². The first-order chi connectivity index (χ1) is 19.4. The van der Waals surface area contributed by atoms with E-state index in [1.54, 1.807) is 4.57 Å². The minimum absolute atomic E-state index is 0.0198. The topological polar surface area (TPSA) is 110 Å². The summed E-state index contributed by atoms with van der Waals surface area (Å²) in [6.07, 6.45) is 4.81. The number of carbonyl (C=O) groups is 1. The second-order valence-electron chi connectivity index (χ2n) is 10.8. The first-order valence-corrected chi connectivity index (χ1v) is 14.2. The molecule has 4 aromatic rings. The zero-order valence-corrected chi connectivity index (χ0v) is 23.6. The van der Waals surface area contributed by atoms with E-state index in [9.17, 15) is 9.59 Å². The maximum Gasteiger partial charge on any atom is 0.257 e. The molecule has 0 atom stereocenters. The Hall–Kier alpha value is -4.14. The highest BCUT2D eigenvalue weighted by atomic mass is 16.2. The van der Waals surface area contributed by atoms with Gasteiger partial charge < -0.3 is 4.90 Å². The van der Waals surface area contributed by atoms with Crippen LogP contribution >= 0.6 is 0 Å². The van der Waals surface area contributed by atoms with E-state index in [2.05, 4.69) is 46.6 Å². The van der Waals surface area contributed by atoms with E-state index in [0.717, 1.165) is 73.3 Å². The van der Waals surface area contributed by atoms with Crippen LogP contribution in [0.25, 0.3) is 22.5 Å². The number of hydrogen-bond donors (Lipinski definition) is 1. The summed E-state index contributed by atoms with van der Waals surface area (Å²) >= 11 is 0. The second kappa shape index (κ2) is 12.4. The quantitative estimate of drug-likeness (QED) is 0.333. The average molecular weight is 540 g/mol. The fraction of sp³-hybridized carbons (Fsp3) is 0.419. The van der Waals surface area contributed by atoms with Crippen molar-refractivity contribution in [2.75, 3.05) is 13.1 Å². The molecule has 208 valence electrons. The SMILES string of the molecule is CCCCc1nc(C)c(CC(=O)N2CCC(C)CC2)c(=O)n1Cc1ccc(-c2ccccc2-c2nn[nH]n2)cc1. The van der Waals surface area contributed by atoms with Crippen LogP contribution in [0.3, 0.4) is 0 Å². The van der Waals surface area contributed by atoms with Gasteiger partial charge in [-0.2, -0.15) is 5.21 Å². The van der Waals surface area contributed by atoms with Crippen molar-refractivity contribution in [2.45, 2.75) is 65.8 Å². The standard InChI is InChI=1S/C31H37N7O2/c1-4-5-10-28-32-22(3)27(19-29(39)37-17-15-21(2)16-18-37)31(40)38(28)20-23-11-13-24(14-12-23)25-8-6-7-9-26(25)30-33-35-36-34-30/h6-9,11-14,21H,4-5,10,15-20H2,1-3H3,(H,33,34,35,36). The van der Waals surface area contributed by atoms with E-state index >= 15 is 0 Å². The minimum atomic E-state index is -0.108. The zero-order valence-electron chi connectivity index (χ0n) is 23.6. The fourth-order valence-corrected chi connectivity index (χ4v) is 5.35. The number of H-pyrrole nitrogens is 1. The van der Waals surface area contributed by atoms with Gasteiger partial charge in [-0.15, -0.1) is 10.2 Å². The third kappa shape index (κ3) is 6.03. The number of carbonyl (C=O) groups excluding carboxylic acids is 1. The zero-order chi connectivity index (χ0) is 28.1. The Morgan fingerprint density at radius 1 is 1.05 bits per heavy atom. The van der Waals surface area contributed by atoms with E-state index in [1.165, 1.54) is 0 Å². The number of nitrogens with zero attached hydrogens (tertiary/aromatic N) is 6. The summed E-state index contributed by atoms with van der Waals surface area (Å²) in [6.45, 7) is 8.14. The highest BCUT2D eigenvalue weighted by Crippen LogP contribution is 2.30. The van der Waals surface area contributed by atoms with E-state index in [-0.39, 0.29) is 17.9 Å². The molecule has 1 saturated heterocycles. The summed E-state index contributed by atoms with van der Waals surface area (Å²) in [4.78, 5) is 33.7. The van der Waals surface area contributed by atoms with Gasteiger partial charge in [0.15, 0.2) is 0 Å². The molecule has 0 unspecified atom stereocenters. The number of aromatic nitrogens is 6. The molecule has 0 aliphatic carbocycles.